The quantitative estimate of drug-likeness (QED) is 0.872. The fourth-order valence-electron chi connectivity index (χ4n) is 2.77. The molecule has 1 fully saturated rings. The van der Waals surface area contributed by atoms with Gasteiger partial charge in [0.2, 0.25) is 11.8 Å². The minimum atomic E-state index is -0.242. The van der Waals surface area contributed by atoms with Gasteiger partial charge in [0.1, 0.15) is 0 Å². The molecule has 3 N–H and O–H groups in total. The topological polar surface area (TPSA) is 75.4 Å². The number of nitrogens with two attached hydrogens (primary N) is 1. The predicted molar refractivity (Wildman–Crippen MR) is 87.7 cm³/mol. The number of carbonyl (C=O) groups is 2. The Morgan fingerprint density at radius 3 is 2.82 bits per heavy atom. The molecule has 2 rings (SSSR count). The van der Waals surface area contributed by atoms with Crippen LogP contribution in [-0.4, -0.2) is 36.3 Å². The molecule has 0 aromatic heterocycles. The molecule has 1 aromatic rings. The number of likely N-dealkylation sites (N-methyl/N-ethyl adjacent to an activating group) is 1. The molecule has 1 aliphatic carbocycles. The molecule has 0 aliphatic heterocycles. The summed E-state index contributed by atoms with van der Waals surface area (Å²) in [5.74, 6) is -0.0385. The lowest BCUT2D eigenvalue weighted by Gasteiger charge is -2.21. The summed E-state index contributed by atoms with van der Waals surface area (Å²) < 4.78 is 0. The Bertz CT molecular complexity index is 550. The standard InChI is InChI=1S/C16H22ClN3O2/c1-20(16(22)8-11-4-2-7-14(11)18)10-15(21)19-13-6-3-5-12(17)9-13/h3,5-6,9,11,14H,2,4,7-8,10,18H2,1H3,(H,19,21)/t11-,14+/m0/s1. The number of carbonyl (C=O) groups excluding carboxylic acids is 2. The normalized spacial score (nSPS) is 20.7. The van der Waals surface area contributed by atoms with E-state index < -0.39 is 0 Å². The highest BCUT2D eigenvalue weighted by atomic mass is 35.5. The van der Waals surface area contributed by atoms with Crippen LogP contribution < -0.4 is 11.1 Å². The second kappa shape index (κ2) is 7.61. The largest absolute Gasteiger partial charge is 0.336 e. The molecule has 6 heteroatoms. The Morgan fingerprint density at radius 2 is 2.18 bits per heavy atom. The smallest absolute Gasteiger partial charge is 0.243 e. The summed E-state index contributed by atoms with van der Waals surface area (Å²) in [5, 5.41) is 3.28. The zero-order valence-corrected chi connectivity index (χ0v) is 13.5. The van der Waals surface area contributed by atoms with Gasteiger partial charge in [0.25, 0.3) is 0 Å². The number of anilines is 1. The van der Waals surface area contributed by atoms with Crippen molar-refractivity contribution in [2.45, 2.75) is 31.7 Å². The number of nitrogens with zero attached hydrogens (tertiary/aromatic N) is 1. The first-order valence-corrected chi connectivity index (χ1v) is 7.88. The molecule has 1 aromatic carbocycles. The Balaban J connectivity index is 1.81. The SMILES string of the molecule is CN(CC(=O)Nc1cccc(Cl)c1)C(=O)C[C@@H]1CCC[C@H]1N. The highest BCUT2D eigenvalue weighted by molar-refractivity contribution is 6.30. The van der Waals surface area contributed by atoms with Gasteiger partial charge in [0.05, 0.1) is 6.54 Å². The van der Waals surface area contributed by atoms with Crippen LogP contribution in [-0.2, 0) is 9.59 Å². The van der Waals surface area contributed by atoms with E-state index in [9.17, 15) is 9.59 Å². The van der Waals surface area contributed by atoms with Gasteiger partial charge in [-0.1, -0.05) is 24.1 Å². The average Bonchev–Trinajstić information content (AvgIpc) is 2.84. The first-order chi connectivity index (χ1) is 10.5. The number of hydrogen-bond donors (Lipinski definition) is 2. The van der Waals surface area contributed by atoms with Gasteiger partial charge in [-0.25, -0.2) is 0 Å². The lowest BCUT2D eigenvalue weighted by Crippen LogP contribution is -2.37. The maximum Gasteiger partial charge on any atom is 0.243 e. The van der Waals surface area contributed by atoms with E-state index in [1.807, 2.05) is 0 Å². The van der Waals surface area contributed by atoms with E-state index in [0.29, 0.717) is 17.1 Å². The van der Waals surface area contributed by atoms with Crippen molar-refractivity contribution in [2.75, 3.05) is 18.9 Å². The minimum absolute atomic E-state index is 0.0211. The third kappa shape index (κ3) is 4.71. The number of rotatable bonds is 5. The van der Waals surface area contributed by atoms with Crippen LogP contribution in [0, 0.1) is 5.92 Å². The zero-order chi connectivity index (χ0) is 16.1. The first kappa shape index (κ1) is 16.8. The van der Waals surface area contributed by atoms with Gasteiger partial charge < -0.3 is 16.0 Å². The fraction of sp³-hybridized carbons (Fsp3) is 0.500. The zero-order valence-electron chi connectivity index (χ0n) is 12.7. The maximum absolute atomic E-state index is 12.2. The van der Waals surface area contributed by atoms with Crippen LogP contribution in [0.5, 0.6) is 0 Å². The van der Waals surface area contributed by atoms with Gasteiger partial charge in [-0.05, 0) is 37.0 Å². The third-order valence-corrected chi connectivity index (χ3v) is 4.30. The number of hydrogen-bond acceptors (Lipinski definition) is 3. The Hall–Kier alpha value is -1.59. The van der Waals surface area contributed by atoms with Gasteiger partial charge in [0, 0.05) is 30.2 Å². The number of halogens is 1. The molecule has 0 radical (unpaired) electrons. The fourth-order valence-corrected chi connectivity index (χ4v) is 2.96. The van der Waals surface area contributed by atoms with Gasteiger partial charge in [-0.15, -0.1) is 0 Å². The van der Waals surface area contributed by atoms with Crippen molar-refractivity contribution in [1.82, 2.24) is 4.90 Å². The van der Waals surface area contributed by atoms with Crippen molar-refractivity contribution in [1.29, 1.82) is 0 Å². The lowest BCUT2D eigenvalue weighted by molar-refractivity contribution is -0.134. The molecule has 22 heavy (non-hydrogen) atoms. The van der Waals surface area contributed by atoms with Gasteiger partial charge in [-0.3, -0.25) is 9.59 Å². The van der Waals surface area contributed by atoms with Crippen LogP contribution in [0.4, 0.5) is 5.69 Å². The molecule has 1 saturated carbocycles. The van der Waals surface area contributed by atoms with Crippen LogP contribution in [0.1, 0.15) is 25.7 Å². The highest BCUT2D eigenvalue weighted by Gasteiger charge is 2.27. The lowest BCUT2D eigenvalue weighted by atomic mass is 9.99. The van der Waals surface area contributed by atoms with Crippen LogP contribution in [0.3, 0.4) is 0 Å². The molecular formula is C16H22ClN3O2. The third-order valence-electron chi connectivity index (χ3n) is 4.07. The van der Waals surface area contributed by atoms with E-state index in [1.54, 1.807) is 31.3 Å². The van der Waals surface area contributed by atoms with E-state index in [0.717, 1.165) is 19.3 Å². The average molecular weight is 324 g/mol. The predicted octanol–water partition coefficient (Wildman–Crippen LogP) is 2.25. The van der Waals surface area contributed by atoms with E-state index in [1.165, 1.54) is 4.90 Å². The van der Waals surface area contributed by atoms with E-state index in [-0.39, 0.29) is 30.3 Å². The molecule has 0 unspecified atom stereocenters. The summed E-state index contributed by atoms with van der Waals surface area (Å²) in [6.07, 6.45) is 3.48. The molecular weight excluding hydrogens is 302 g/mol. The number of amides is 2. The van der Waals surface area contributed by atoms with Gasteiger partial charge in [-0.2, -0.15) is 0 Å². The highest BCUT2D eigenvalue weighted by Crippen LogP contribution is 2.27. The molecule has 0 bridgehead atoms. The van der Waals surface area contributed by atoms with Crippen LogP contribution in [0.15, 0.2) is 24.3 Å². The summed E-state index contributed by atoms with van der Waals surface area (Å²) >= 11 is 5.87. The van der Waals surface area contributed by atoms with E-state index >= 15 is 0 Å². The first-order valence-electron chi connectivity index (χ1n) is 7.50. The molecule has 1 aliphatic rings. The van der Waals surface area contributed by atoms with E-state index in [4.69, 9.17) is 17.3 Å². The van der Waals surface area contributed by atoms with Gasteiger partial charge in [0.15, 0.2) is 0 Å². The second-order valence-electron chi connectivity index (χ2n) is 5.87. The Labute approximate surface area is 135 Å². The molecule has 5 nitrogen and oxygen atoms in total. The van der Waals surface area contributed by atoms with Crippen molar-refractivity contribution in [2.24, 2.45) is 11.7 Å². The van der Waals surface area contributed by atoms with Crippen molar-refractivity contribution < 1.29 is 9.59 Å². The summed E-state index contributed by atoms with van der Waals surface area (Å²) in [5.41, 5.74) is 6.60. The van der Waals surface area contributed by atoms with Crippen LogP contribution in [0.2, 0.25) is 5.02 Å². The summed E-state index contributed by atoms with van der Waals surface area (Å²) in [6, 6.07) is 7.02. The molecule has 2 amide bonds. The van der Waals surface area contributed by atoms with Crippen LogP contribution >= 0.6 is 11.6 Å². The summed E-state index contributed by atoms with van der Waals surface area (Å²) in [7, 11) is 1.64. The number of nitrogens with one attached hydrogen (secondary N) is 1. The monoisotopic (exact) mass is 323 g/mol. The number of benzene rings is 1. The molecule has 120 valence electrons. The molecule has 0 spiro atoms. The van der Waals surface area contributed by atoms with Crippen molar-refractivity contribution in [3.8, 4) is 0 Å². The molecule has 0 saturated heterocycles. The van der Waals surface area contributed by atoms with Crippen molar-refractivity contribution >= 4 is 29.1 Å². The van der Waals surface area contributed by atoms with E-state index in [2.05, 4.69) is 5.32 Å². The minimum Gasteiger partial charge on any atom is -0.336 e. The summed E-state index contributed by atoms with van der Waals surface area (Å²) in [4.78, 5) is 25.6. The Kier molecular flexibility index (Phi) is 5.80. The molecule has 2 atom stereocenters. The maximum atomic E-state index is 12.2. The van der Waals surface area contributed by atoms with Gasteiger partial charge >= 0.3 is 0 Å². The Morgan fingerprint density at radius 1 is 1.41 bits per heavy atom. The van der Waals surface area contributed by atoms with Crippen molar-refractivity contribution in [3.05, 3.63) is 29.3 Å². The van der Waals surface area contributed by atoms with Crippen molar-refractivity contribution in [3.63, 3.8) is 0 Å². The van der Waals surface area contributed by atoms with Crippen LogP contribution in [0.25, 0.3) is 0 Å². The second-order valence-corrected chi connectivity index (χ2v) is 6.30. The molecule has 0 heterocycles. The summed E-state index contributed by atoms with van der Waals surface area (Å²) in [6.45, 7) is 0.0211.